The molecule has 0 spiro atoms. The fraction of sp³-hybridized carbons (Fsp3) is 0.300. The van der Waals surface area contributed by atoms with Gasteiger partial charge >= 0.3 is 5.97 Å². The van der Waals surface area contributed by atoms with E-state index in [4.69, 9.17) is 10.1 Å². The van der Waals surface area contributed by atoms with E-state index in [2.05, 4.69) is 30.5 Å². The summed E-state index contributed by atoms with van der Waals surface area (Å²) >= 11 is 0. The topological polar surface area (TPSA) is 55.1 Å². The van der Waals surface area contributed by atoms with Crippen LogP contribution in [-0.2, 0) is 17.8 Å². The molecule has 0 aliphatic carbocycles. The molecule has 2 aromatic carbocycles. The summed E-state index contributed by atoms with van der Waals surface area (Å²) in [5, 5.41) is 9.00. The van der Waals surface area contributed by atoms with Crippen LogP contribution in [0.4, 0.5) is 0 Å². The van der Waals surface area contributed by atoms with Crippen LogP contribution in [0.25, 0.3) is 22.4 Å². The van der Waals surface area contributed by atoms with Gasteiger partial charge in [-0.3, -0.25) is 4.79 Å². The summed E-state index contributed by atoms with van der Waals surface area (Å²) in [5.74, 6) is 0.730. The van der Waals surface area contributed by atoms with Crippen molar-refractivity contribution < 1.29 is 9.90 Å². The van der Waals surface area contributed by atoms with Crippen molar-refractivity contribution in [3.05, 3.63) is 54.1 Å². The molecule has 3 rings (SSSR count). The van der Waals surface area contributed by atoms with Crippen molar-refractivity contribution in [2.24, 2.45) is 5.92 Å². The van der Waals surface area contributed by atoms with E-state index < -0.39 is 5.97 Å². The standard InChI is InChI=1S/C20H22N2O2/c1-14(2)10-11-22-18-9-8-15(13-19(23)24)12-17(18)21-20(22)16-6-4-3-5-7-16/h3-9,12,14H,10-11,13H2,1-2H3,(H,23,24). The minimum atomic E-state index is -0.822. The van der Waals surface area contributed by atoms with Gasteiger partial charge in [0.2, 0.25) is 0 Å². The zero-order chi connectivity index (χ0) is 17.1. The first-order valence-electron chi connectivity index (χ1n) is 8.31. The molecular formula is C20H22N2O2. The third-order valence-electron chi connectivity index (χ3n) is 4.13. The lowest BCUT2D eigenvalue weighted by Crippen LogP contribution is -2.04. The van der Waals surface area contributed by atoms with Gasteiger partial charge in [-0.15, -0.1) is 0 Å². The van der Waals surface area contributed by atoms with Gasteiger partial charge in [-0.25, -0.2) is 4.98 Å². The first-order chi connectivity index (χ1) is 11.5. The molecule has 1 N–H and O–H groups in total. The van der Waals surface area contributed by atoms with Crippen molar-refractivity contribution in [1.29, 1.82) is 0 Å². The molecule has 124 valence electrons. The number of aryl methyl sites for hydroxylation is 1. The van der Waals surface area contributed by atoms with Gasteiger partial charge in [0.1, 0.15) is 5.82 Å². The van der Waals surface area contributed by atoms with Crippen LogP contribution in [0.2, 0.25) is 0 Å². The van der Waals surface area contributed by atoms with E-state index in [-0.39, 0.29) is 6.42 Å². The molecule has 24 heavy (non-hydrogen) atoms. The summed E-state index contributed by atoms with van der Waals surface area (Å²) in [5.41, 5.74) is 3.78. The molecule has 0 saturated carbocycles. The predicted molar refractivity (Wildman–Crippen MR) is 96.0 cm³/mol. The average molecular weight is 322 g/mol. The summed E-state index contributed by atoms with van der Waals surface area (Å²) < 4.78 is 2.25. The van der Waals surface area contributed by atoms with Gasteiger partial charge < -0.3 is 9.67 Å². The quantitative estimate of drug-likeness (QED) is 0.733. The highest BCUT2D eigenvalue weighted by molar-refractivity contribution is 5.82. The number of carboxylic acid groups (broad SMARTS) is 1. The number of nitrogens with zero attached hydrogens (tertiary/aromatic N) is 2. The third kappa shape index (κ3) is 3.48. The second-order valence-corrected chi connectivity index (χ2v) is 6.53. The number of imidazole rings is 1. The SMILES string of the molecule is CC(C)CCn1c(-c2ccccc2)nc2cc(CC(=O)O)ccc21. The summed E-state index contributed by atoms with van der Waals surface area (Å²) in [6, 6.07) is 15.9. The maximum Gasteiger partial charge on any atom is 0.307 e. The highest BCUT2D eigenvalue weighted by Crippen LogP contribution is 2.26. The molecule has 0 amide bonds. The highest BCUT2D eigenvalue weighted by Gasteiger charge is 2.14. The summed E-state index contributed by atoms with van der Waals surface area (Å²) in [6.45, 7) is 5.33. The average Bonchev–Trinajstić information content (AvgIpc) is 2.91. The van der Waals surface area contributed by atoms with E-state index in [0.717, 1.165) is 41.0 Å². The Hall–Kier alpha value is -2.62. The number of carboxylic acids is 1. The lowest BCUT2D eigenvalue weighted by Gasteiger charge is -2.11. The van der Waals surface area contributed by atoms with Crippen LogP contribution in [0.5, 0.6) is 0 Å². The van der Waals surface area contributed by atoms with Crippen LogP contribution in [0.15, 0.2) is 48.5 Å². The normalized spacial score (nSPS) is 11.3. The molecule has 0 bridgehead atoms. The molecule has 0 aliphatic rings. The van der Waals surface area contributed by atoms with E-state index in [1.807, 2.05) is 36.4 Å². The Morgan fingerprint density at radius 2 is 1.92 bits per heavy atom. The maximum absolute atomic E-state index is 11.0. The van der Waals surface area contributed by atoms with Crippen molar-refractivity contribution in [3.8, 4) is 11.4 Å². The fourth-order valence-electron chi connectivity index (χ4n) is 2.88. The minimum absolute atomic E-state index is 0.0233. The lowest BCUT2D eigenvalue weighted by molar-refractivity contribution is -0.136. The highest BCUT2D eigenvalue weighted by atomic mass is 16.4. The summed E-state index contributed by atoms with van der Waals surface area (Å²) in [7, 11) is 0. The maximum atomic E-state index is 11.0. The molecule has 0 aliphatic heterocycles. The van der Waals surface area contributed by atoms with Gasteiger partial charge in [0.05, 0.1) is 17.5 Å². The lowest BCUT2D eigenvalue weighted by atomic mass is 10.1. The Kier molecular flexibility index (Phi) is 4.65. The summed E-state index contributed by atoms with van der Waals surface area (Å²) in [6.07, 6.45) is 1.09. The summed E-state index contributed by atoms with van der Waals surface area (Å²) in [4.78, 5) is 15.7. The zero-order valence-electron chi connectivity index (χ0n) is 14.1. The molecule has 0 fully saturated rings. The van der Waals surface area contributed by atoms with Crippen molar-refractivity contribution in [3.63, 3.8) is 0 Å². The monoisotopic (exact) mass is 322 g/mol. The van der Waals surface area contributed by atoms with E-state index in [0.29, 0.717) is 5.92 Å². The van der Waals surface area contributed by atoms with Crippen LogP contribution < -0.4 is 0 Å². The van der Waals surface area contributed by atoms with Crippen LogP contribution in [0.1, 0.15) is 25.8 Å². The van der Waals surface area contributed by atoms with Crippen molar-refractivity contribution in [1.82, 2.24) is 9.55 Å². The molecule has 0 atom stereocenters. The number of aliphatic carboxylic acids is 1. The number of rotatable bonds is 6. The van der Waals surface area contributed by atoms with Crippen molar-refractivity contribution in [2.45, 2.75) is 33.2 Å². The van der Waals surface area contributed by atoms with E-state index in [1.54, 1.807) is 0 Å². The van der Waals surface area contributed by atoms with Gasteiger partial charge in [-0.05, 0) is 30.0 Å². The molecule has 4 heteroatoms. The number of hydrogen-bond acceptors (Lipinski definition) is 2. The Morgan fingerprint density at radius 1 is 1.17 bits per heavy atom. The molecule has 0 unspecified atom stereocenters. The zero-order valence-corrected chi connectivity index (χ0v) is 14.1. The van der Waals surface area contributed by atoms with Crippen LogP contribution in [-0.4, -0.2) is 20.6 Å². The van der Waals surface area contributed by atoms with Gasteiger partial charge in [0.25, 0.3) is 0 Å². The number of aromatic nitrogens is 2. The first kappa shape index (κ1) is 16.2. The number of benzene rings is 2. The molecule has 3 aromatic rings. The van der Waals surface area contributed by atoms with E-state index in [9.17, 15) is 4.79 Å². The van der Waals surface area contributed by atoms with E-state index >= 15 is 0 Å². The van der Waals surface area contributed by atoms with Crippen LogP contribution in [0.3, 0.4) is 0 Å². The molecular weight excluding hydrogens is 300 g/mol. The third-order valence-corrected chi connectivity index (χ3v) is 4.13. The van der Waals surface area contributed by atoms with Gasteiger partial charge in [0, 0.05) is 12.1 Å². The largest absolute Gasteiger partial charge is 0.481 e. The molecule has 1 heterocycles. The number of carbonyl (C=O) groups is 1. The van der Waals surface area contributed by atoms with Gasteiger partial charge in [-0.1, -0.05) is 50.2 Å². The fourth-order valence-corrected chi connectivity index (χ4v) is 2.88. The van der Waals surface area contributed by atoms with Crippen LogP contribution >= 0.6 is 0 Å². The Balaban J connectivity index is 2.10. The van der Waals surface area contributed by atoms with Gasteiger partial charge in [-0.2, -0.15) is 0 Å². The second kappa shape index (κ2) is 6.87. The van der Waals surface area contributed by atoms with Gasteiger partial charge in [0.15, 0.2) is 0 Å². The Labute approximate surface area is 141 Å². The number of fused-ring (bicyclic) bond motifs is 1. The van der Waals surface area contributed by atoms with Crippen molar-refractivity contribution >= 4 is 17.0 Å². The molecule has 1 aromatic heterocycles. The van der Waals surface area contributed by atoms with Crippen molar-refractivity contribution in [2.75, 3.05) is 0 Å². The first-order valence-corrected chi connectivity index (χ1v) is 8.31. The van der Waals surface area contributed by atoms with E-state index in [1.165, 1.54) is 0 Å². The Bertz CT molecular complexity index is 851. The molecule has 0 saturated heterocycles. The second-order valence-electron chi connectivity index (χ2n) is 6.53. The van der Waals surface area contributed by atoms with Crippen LogP contribution in [0, 0.1) is 5.92 Å². The predicted octanol–water partition coefficient (Wildman–Crippen LogP) is 4.38. The minimum Gasteiger partial charge on any atom is -0.481 e. The smallest absolute Gasteiger partial charge is 0.307 e. The number of hydrogen-bond donors (Lipinski definition) is 1. The molecule has 4 nitrogen and oxygen atoms in total. The molecule has 0 radical (unpaired) electrons. The Morgan fingerprint density at radius 3 is 2.58 bits per heavy atom.